The minimum Gasteiger partial charge on any atom is -0.497 e. The van der Waals surface area contributed by atoms with Crippen LogP contribution < -0.4 is 15.4 Å². The van der Waals surface area contributed by atoms with Gasteiger partial charge in [0.25, 0.3) is 0 Å². The zero-order chi connectivity index (χ0) is 29.1. The Morgan fingerprint density at radius 1 is 1.02 bits per heavy atom. The van der Waals surface area contributed by atoms with E-state index in [1.54, 1.807) is 7.11 Å². The van der Waals surface area contributed by atoms with Gasteiger partial charge in [-0.2, -0.15) is 0 Å². The number of para-hydroxylation sites is 1. The molecule has 0 radical (unpaired) electrons. The van der Waals surface area contributed by atoms with Gasteiger partial charge in [-0.15, -0.1) is 0 Å². The zero-order valence-corrected chi connectivity index (χ0v) is 24.5. The second-order valence-corrected chi connectivity index (χ2v) is 12.3. The zero-order valence-electron chi connectivity index (χ0n) is 24.5. The third-order valence-corrected chi connectivity index (χ3v) is 9.69. The number of aromatic amines is 1. The molecule has 8 heteroatoms. The van der Waals surface area contributed by atoms with Crippen LogP contribution in [0.4, 0.5) is 0 Å². The molecule has 3 aliphatic rings. The molecule has 1 aliphatic heterocycles. The van der Waals surface area contributed by atoms with Gasteiger partial charge in [-0.3, -0.25) is 14.4 Å². The van der Waals surface area contributed by atoms with E-state index in [4.69, 9.17) is 4.74 Å². The molecule has 3 amide bonds. The van der Waals surface area contributed by atoms with E-state index in [0.29, 0.717) is 32.5 Å². The first-order chi connectivity index (χ1) is 20.5. The van der Waals surface area contributed by atoms with Gasteiger partial charge in [0, 0.05) is 48.7 Å². The molecule has 8 nitrogen and oxygen atoms in total. The summed E-state index contributed by atoms with van der Waals surface area (Å²) in [7, 11) is 1.64. The third kappa shape index (κ3) is 5.63. The first-order valence-electron chi connectivity index (χ1n) is 15.6. The van der Waals surface area contributed by atoms with Crippen molar-refractivity contribution in [1.29, 1.82) is 0 Å². The minimum atomic E-state index is -0.548. The van der Waals surface area contributed by atoms with Crippen LogP contribution in [0.3, 0.4) is 0 Å². The molecule has 2 saturated carbocycles. The number of ether oxygens (including phenoxy) is 1. The van der Waals surface area contributed by atoms with Gasteiger partial charge in [-0.1, -0.05) is 43.2 Å². The number of amides is 3. The summed E-state index contributed by atoms with van der Waals surface area (Å²) >= 11 is 0. The summed E-state index contributed by atoms with van der Waals surface area (Å²) < 4.78 is 5.34. The van der Waals surface area contributed by atoms with Crippen molar-refractivity contribution >= 4 is 28.6 Å². The Bertz CT molecular complexity index is 1430. The van der Waals surface area contributed by atoms with Crippen LogP contribution >= 0.6 is 0 Å². The number of nitrogens with one attached hydrogen (secondary N) is 3. The van der Waals surface area contributed by atoms with Crippen molar-refractivity contribution in [3.63, 3.8) is 0 Å². The van der Waals surface area contributed by atoms with Crippen LogP contribution in [-0.4, -0.2) is 60.4 Å². The molecule has 222 valence electrons. The molecule has 3 N–H and O–H groups in total. The maximum absolute atomic E-state index is 14.4. The van der Waals surface area contributed by atoms with Crippen LogP contribution in [0.2, 0.25) is 0 Å². The Morgan fingerprint density at radius 3 is 2.60 bits per heavy atom. The number of benzene rings is 2. The number of fused-ring (bicyclic) bond motifs is 2. The molecule has 6 rings (SSSR count). The van der Waals surface area contributed by atoms with E-state index >= 15 is 0 Å². The molecule has 1 aromatic heterocycles. The number of hydrogen-bond acceptors (Lipinski definition) is 4. The SMILES string of the molecule is COc1ccc(C2(C(=O)N3CCCCCCNC(=O)[C@@H]4C[C@@H](C(=O)NCCc5c[nH]c6ccccc56)C[C@@H]43)CC2)cc1. The topological polar surface area (TPSA) is 104 Å². The van der Waals surface area contributed by atoms with Gasteiger partial charge in [0.05, 0.1) is 18.4 Å². The van der Waals surface area contributed by atoms with Crippen LogP contribution in [0.5, 0.6) is 5.75 Å². The predicted molar refractivity (Wildman–Crippen MR) is 162 cm³/mol. The molecular formula is C34H42N4O4. The highest BCUT2D eigenvalue weighted by Crippen LogP contribution is 2.51. The van der Waals surface area contributed by atoms with Crippen LogP contribution in [0.15, 0.2) is 54.7 Å². The Kier molecular flexibility index (Phi) is 8.22. The summed E-state index contributed by atoms with van der Waals surface area (Å²) in [5.74, 6) is 0.138. The Labute approximate surface area is 247 Å². The van der Waals surface area contributed by atoms with Crippen LogP contribution in [0.25, 0.3) is 10.9 Å². The van der Waals surface area contributed by atoms with Gasteiger partial charge in [0.15, 0.2) is 0 Å². The molecule has 2 aromatic carbocycles. The number of hydrogen-bond donors (Lipinski definition) is 3. The van der Waals surface area contributed by atoms with Crippen molar-refractivity contribution in [1.82, 2.24) is 20.5 Å². The molecule has 42 heavy (non-hydrogen) atoms. The first-order valence-corrected chi connectivity index (χ1v) is 15.6. The molecule has 0 spiro atoms. The third-order valence-electron chi connectivity index (χ3n) is 9.69. The second kappa shape index (κ2) is 12.2. The van der Waals surface area contributed by atoms with Gasteiger partial charge in [0.2, 0.25) is 17.7 Å². The quantitative estimate of drug-likeness (QED) is 0.390. The summed E-state index contributed by atoms with van der Waals surface area (Å²) in [5, 5.41) is 7.44. The first kappa shape index (κ1) is 28.3. The lowest BCUT2D eigenvalue weighted by Gasteiger charge is -2.35. The smallest absolute Gasteiger partial charge is 0.233 e. The highest BCUT2D eigenvalue weighted by atomic mass is 16.5. The second-order valence-electron chi connectivity index (χ2n) is 12.3. The number of rotatable bonds is 7. The van der Waals surface area contributed by atoms with Gasteiger partial charge >= 0.3 is 0 Å². The summed E-state index contributed by atoms with van der Waals surface area (Å²) in [4.78, 5) is 46.6. The Hall–Kier alpha value is -3.81. The number of methoxy groups -OCH3 is 1. The van der Waals surface area contributed by atoms with Crippen LogP contribution in [0.1, 0.15) is 62.5 Å². The highest BCUT2D eigenvalue weighted by Gasteiger charge is 2.56. The van der Waals surface area contributed by atoms with Crippen LogP contribution in [-0.2, 0) is 26.2 Å². The fraction of sp³-hybridized carbons (Fsp3) is 0.500. The fourth-order valence-electron chi connectivity index (χ4n) is 7.12. The summed E-state index contributed by atoms with van der Waals surface area (Å²) in [6, 6.07) is 15.7. The monoisotopic (exact) mass is 570 g/mol. The maximum atomic E-state index is 14.4. The largest absolute Gasteiger partial charge is 0.497 e. The average Bonchev–Trinajstić information content (AvgIpc) is 3.55. The Balaban J connectivity index is 1.18. The van der Waals surface area contributed by atoms with Crippen molar-refractivity contribution in [3.05, 3.63) is 65.9 Å². The van der Waals surface area contributed by atoms with Crippen molar-refractivity contribution in [3.8, 4) is 5.75 Å². The maximum Gasteiger partial charge on any atom is 0.233 e. The van der Waals surface area contributed by atoms with E-state index in [-0.39, 0.29) is 35.6 Å². The lowest BCUT2D eigenvalue weighted by Crippen LogP contribution is -2.50. The highest BCUT2D eigenvalue weighted by molar-refractivity contribution is 5.93. The molecule has 0 bridgehead atoms. The number of H-pyrrole nitrogens is 1. The lowest BCUT2D eigenvalue weighted by atomic mass is 9.91. The fourth-order valence-corrected chi connectivity index (χ4v) is 7.12. The van der Waals surface area contributed by atoms with Gasteiger partial charge < -0.3 is 25.3 Å². The molecule has 3 aromatic rings. The van der Waals surface area contributed by atoms with Gasteiger partial charge in [0.1, 0.15) is 5.75 Å². The standard InChI is InChI=1S/C34H42N4O4/c1-42-26-12-10-25(11-13-26)34(15-16-34)33(41)38-19-7-3-2-6-17-35-32(40)28-20-24(21-30(28)38)31(39)36-18-14-23-22-37-29-9-5-4-8-27(23)29/h4-5,8-13,22,24,28,30,37H,2-3,6-7,14-21H2,1H3,(H,35,40)(H,36,39)/t24-,28-,30+/m1/s1. The Morgan fingerprint density at radius 2 is 1.81 bits per heavy atom. The molecule has 2 heterocycles. The normalized spacial score (nSPS) is 23.9. The summed E-state index contributed by atoms with van der Waals surface area (Å²) in [5.41, 5.74) is 2.72. The van der Waals surface area contributed by atoms with E-state index in [1.165, 1.54) is 10.9 Å². The number of aromatic nitrogens is 1. The molecule has 3 fully saturated rings. The van der Waals surface area contributed by atoms with E-state index in [2.05, 4.69) is 21.7 Å². The number of carbonyl (C=O) groups is 3. The van der Waals surface area contributed by atoms with E-state index in [0.717, 1.165) is 61.8 Å². The van der Waals surface area contributed by atoms with E-state index in [9.17, 15) is 14.4 Å². The molecule has 2 aliphatic carbocycles. The van der Waals surface area contributed by atoms with Crippen molar-refractivity contribution < 1.29 is 19.1 Å². The van der Waals surface area contributed by atoms with Gasteiger partial charge in [-0.05, 0) is 74.3 Å². The van der Waals surface area contributed by atoms with Crippen molar-refractivity contribution in [2.24, 2.45) is 11.8 Å². The van der Waals surface area contributed by atoms with E-state index in [1.807, 2.05) is 53.6 Å². The average molecular weight is 571 g/mol. The molecular weight excluding hydrogens is 528 g/mol. The number of carbonyl (C=O) groups excluding carboxylic acids is 3. The molecule has 0 unspecified atom stereocenters. The predicted octanol–water partition coefficient (Wildman–Crippen LogP) is 4.48. The summed E-state index contributed by atoms with van der Waals surface area (Å²) in [6.07, 6.45) is 9.21. The van der Waals surface area contributed by atoms with Crippen LogP contribution in [0, 0.1) is 11.8 Å². The molecule has 3 atom stereocenters. The number of nitrogens with zero attached hydrogens (tertiary/aromatic N) is 1. The van der Waals surface area contributed by atoms with E-state index < -0.39 is 5.41 Å². The van der Waals surface area contributed by atoms with Gasteiger partial charge in [-0.25, -0.2) is 0 Å². The van der Waals surface area contributed by atoms with Crippen molar-refractivity contribution in [2.45, 2.75) is 69.2 Å². The minimum absolute atomic E-state index is 0.0223. The summed E-state index contributed by atoms with van der Waals surface area (Å²) in [6.45, 7) is 1.80. The molecule has 1 saturated heterocycles. The lowest BCUT2D eigenvalue weighted by molar-refractivity contribution is -0.139. The van der Waals surface area contributed by atoms with Crippen molar-refractivity contribution in [2.75, 3.05) is 26.7 Å².